The Hall–Kier alpha value is -7.45. The number of imide groups is 1. The molecule has 8 aliphatic heterocycles. The number of terminal acetylenes is 1. The second kappa shape index (κ2) is 23.0. The predicted molar refractivity (Wildman–Crippen MR) is 319 cm³/mol. The third-order valence-corrected chi connectivity index (χ3v) is 19.4. The minimum atomic E-state index is -0.991. The van der Waals surface area contributed by atoms with Crippen LogP contribution in [-0.2, 0) is 37.4 Å². The fourth-order valence-corrected chi connectivity index (χ4v) is 15.3. The Morgan fingerprint density at radius 3 is 2.35 bits per heavy atom. The van der Waals surface area contributed by atoms with Gasteiger partial charge in [0.2, 0.25) is 18.2 Å². The third kappa shape index (κ3) is 10.8. The summed E-state index contributed by atoms with van der Waals surface area (Å²) >= 11 is 0. The minimum Gasteiger partial charge on any atom is -0.448 e. The van der Waals surface area contributed by atoms with E-state index in [0.717, 1.165) is 94.9 Å². The molecule has 4 amide bonds. The summed E-state index contributed by atoms with van der Waals surface area (Å²) in [5.41, 5.74) is 2.26. The molecule has 2 bridgehead atoms. The zero-order chi connectivity index (χ0) is 59.8. The van der Waals surface area contributed by atoms with Crippen molar-refractivity contribution in [3.63, 3.8) is 0 Å². The number of fused-ring (bicyclic) bond motifs is 6. The number of hydrogen-bond acceptors (Lipinski definition) is 15. The molecule has 0 spiro atoms. The largest absolute Gasteiger partial charge is 0.448 e. The number of halogens is 2. The van der Waals surface area contributed by atoms with Gasteiger partial charge in [-0.2, -0.15) is 0 Å². The lowest BCUT2D eigenvalue weighted by atomic mass is 9.95. The first-order valence-electron chi connectivity index (χ1n) is 30.7. The normalized spacial score (nSPS) is 25.7. The molecule has 4 unspecified atom stereocenters. The van der Waals surface area contributed by atoms with Crippen LogP contribution in [0.1, 0.15) is 121 Å². The second-order valence-corrected chi connectivity index (χ2v) is 25.9. The molecule has 7 fully saturated rings. The lowest BCUT2D eigenvalue weighted by Gasteiger charge is -2.43. The van der Waals surface area contributed by atoms with E-state index in [4.69, 9.17) is 30.6 Å². The Morgan fingerprint density at radius 2 is 1.62 bits per heavy atom. The van der Waals surface area contributed by atoms with Crippen LogP contribution in [-0.4, -0.2) is 175 Å². The van der Waals surface area contributed by atoms with E-state index in [1.807, 2.05) is 48.8 Å². The van der Waals surface area contributed by atoms with Crippen LogP contribution in [0.2, 0.25) is 0 Å². The number of carbonyl (C=O) groups is 4. The summed E-state index contributed by atoms with van der Waals surface area (Å²) in [5, 5.41) is 10.6. The number of hydrogen-bond donors (Lipinski definition) is 3. The van der Waals surface area contributed by atoms with Crippen molar-refractivity contribution >= 4 is 57.3 Å². The van der Waals surface area contributed by atoms with Gasteiger partial charge in [-0.25, -0.2) is 28.2 Å². The maximum absolute atomic E-state index is 17.5. The Bertz CT molecular complexity index is 3640. The van der Waals surface area contributed by atoms with Crippen LogP contribution in [0.25, 0.3) is 33.1 Å². The molecule has 20 nitrogen and oxygen atoms in total. The fraction of sp³-hybridized carbons (Fsp3) is 0.547. The van der Waals surface area contributed by atoms with Gasteiger partial charge in [0, 0.05) is 87.0 Å². The first-order valence-corrected chi connectivity index (χ1v) is 30.7. The summed E-state index contributed by atoms with van der Waals surface area (Å²) in [6.45, 7) is 11.5. The molecule has 0 radical (unpaired) electrons. The lowest BCUT2D eigenvalue weighted by Crippen LogP contribution is -2.58. The number of aromatic nitrogens is 3. The van der Waals surface area contributed by atoms with Crippen molar-refractivity contribution in [2.24, 2.45) is 12.0 Å². The van der Waals surface area contributed by atoms with Gasteiger partial charge in [-0.3, -0.25) is 43.7 Å². The number of aryl methyl sites for hydroxylation is 1. The van der Waals surface area contributed by atoms with Gasteiger partial charge in [-0.05, 0) is 134 Å². The zero-order valence-corrected chi connectivity index (χ0v) is 49.4. The number of nitrogens with zero attached hydrogens (tertiary/aromatic N) is 9. The molecule has 5 aromatic rings. The number of pyridine rings is 1. The van der Waals surface area contributed by atoms with E-state index in [0.29, 0.717) is 85.0 Å². The summed E-state index contributed by atoms with van der Waals surface area (Å²) in [7, 11) is 1.74. The molecule has 6 atom stereocenters. The van der Waals surface area contributed by atoms with Crippen molar-refractivity contribution in [1.29, 1.82) is 0 Å². The van der Waals surface area contributed by atoms with Crippen LogP contribution in [0.5, 0.6) is 0 Å². The molecule has 2 aromatic heterocycles. The van der Waals surface area contributed by atoms with Crippen molar-refractivity contribution in [3.8, 4) is 23.6 Å². The number of rotatable bonds is 11. The highest BCUT2D eigenvalue weighted by atomic mass is 19.1. The van der Waals surface area contributed by atoms with Crippen LogP contribution in [0.4, 0.5) is 24.1 Å². The Kier molecular flexibility index (Phi) is 15.4. The second-order valence-electron chi connectivity index (χ2n) is 25.9. The predicted octanol–water partition coefficient (Wildman–Crippen LogP) is 7.20. The number of ether oxygens (including phenoxy) is 3. The SMILES string of the molecule is C#Cc1c(F)ccc2cccc(-c3ncc4c(c3F)NC(OC[C@@]35CCCN3[C@H](COC(=O)N3CCC(NC6CCN(Cc7cccc8c7n(C)c(=O)n8C7CCC(=O)NC7=O)CC6)CC3)CC5)N=C4N3CC4CCC(C3)N4C(=O)OC(C)(C)C)c12. The van der Waals surface area contributed by atoms with Gasteiger partial charge in [0.15, 0.2) is 5.82 Å². The highest BCUT2D eigenvalue weighted by Gasteiger charge is 2.51. The summed E-state index contributed by atoms with van der Waals surface area (Å²) in [5.74, 6) is 0.990. The van der Waals surface area contributed by atoms with Crippen LogP contribution < -0.4 is 21.6 Å². The van der Waals surface area contributed by atoms with Gasteiger partial charge >= 0.3 is 17.9 Å². The maximum atomic E-state index is 17.5. The first kappa shape index (κ1) is 57.6. The third-order valence-electron chi connectivity index (χ3n) is 19.4. The van der Waals surface area contributed by atoms with E-state index >= 15 is 8.78 Å². The van der Waals surface area contributed by atoms with Crippen LogP contribution in [0.15, 0.2) is 64.5 Å². The van der Waals surface area contributed by atoms with E-state index in [9.17, 15) is 24.0 Å². The quantitative estimate of drug-likeness (QED) is 0.0886. The maximum Gasteiger partial charge on any atom is 0.410 e. The van der Waals surface area contributed by atoms with Gasteiger partial charge in [0.05, 0.1) is 46.5 Å². The monoisotopic (exact) mass is 1180 g/mol. The number of amides is 4. The molecule has 3 aromatic carbocycles. The van der Waals surface area contributed by atoms with Crippen LogP contribution >= 0.6 is 0 Å². The van der Waals surface area contributed by atoms with Crippen molar-refractivity contribution in [2.45, 2.75) is 158 Å². The number of likely N-dealkylation sites (tertiary alicyclic amines) is 3. The van der Waals surface area contributed by atoms with Gasteiger partial charge in [-0.15, -0.1) is 6.42 Å². The molecule has 454 valence electrons. The fourth-order valence-electron chi connectivity index (χ4n) is 15.3. The number of anilines is 1. The summed E-state index contributed by atoms with van der Waals surface area (Å²) in [4.78, 5) is 85.9. The number of piperidine rings is 3. The number of para-hydroxylation sites is 1. The molecule has 10 heterocycles. The van der Waals surface area contributed by atoms with Gasteiger partial charge < -0.3 is 34.6 Å². The molecule has 3 N–H and O–H groups in total. The molecule has 0 saturated carbocycles. The van der Waals surface area contributed by atoms with E-state index < -0.39 is 35.5 Å². The number of aliphatic imine (C=N–C) groups is 1. The summed E-state index contributed by atoms with van der Waals surface area (Å²) < 4.78 is 54.7. The number of nitrogens with one attached hydrogen (secondary N) is 3. The average molecular weight is 1180 g/mol. The zero-order valence-electron chi connectivity index (χ0n) is 49.4. The summed E-state index contributed by atoms with van der Waals surface area (Å²) in [6, 6.07) is 13.7. The van der Waals surface area contributed by atoms with Crippen molar-refractivity contribution < 1.29 is 42.2 Å². The standard InChI is InChI=1S/C64H76F2N12O8/c1-6-45-48(65)17-14-38-10-7-12-46(52(38)45)54-53(66)55-47(32-67-54)57(75-34-42-15-16-43(35-75)77(42)62(83)86-63(2,3)4)71-59(70-55)85-37-64-25-9-27-76(64)44(20-26-64)36-84-61(82)74-30-23-41(24-31-74)68-40-21-28-73(29-22-40)33-39-11-8-13-49-56(39)72(5)60(81)78(49)50-18-19-51(79)69-58(50)80/h1,7-8,10-14,17,32,40-44,50,59,68,70H,9,15-16,18-31,33-37H2,2-5H3,(H,69,79,80)/t42?,43?,44-,50?,59?,64-/m0/s1. The van der Waals surface area contributed by atoms with Gasteiger partial charge in [0.25, 0.3) is 0 Å². The highest BCUT2D eigenvalue weighted by molar-refractivity contribution is 6.07. The molecule has 13 rings (SSSR count). The van der Waals surface area contributed by atoms with E-state index in [1.54, 1.807) is 42.1 Å². The van der Waals surface area contributed by atoms with E-state index in [1.165, 1.54) is 10.6 Å². The Morgan fingerprint density at radius 1 is 0.872 bits per heavy atom. The molecule has 0 aliphatic carbocycles. The molecule has 86 heavy (non-hydrogen) atoms. The van der Waals surface area contributed by atoms with Crippen molar-refractivity contribution in [3.05, 3.63) is 93.5 Å². The molecular weight excluding hydrogens is 1100 g/mol. The van der Waals surface area contributed by atoms with E-state index in [-0.39, 0.29) is 83.5 Å². The molecule has 22 heteroatoms. The smallest absolute Gasteiger partial charge is 0.410 e. The minimum absolute atomic E-state index is 0.00425. The molecule has 7 saturated heterocycles. The van der Waals surface area contributed by atoms with E-state index in [2.05, 4.69) is 36.6 Å². The topological polar surface area (TPSA) is 200 Å². The van der Waals surface area contributed by atoms with Crippen molar-refractivity contribution in [2.75, 3.05) is 64.3 Å². The number of piperazine rings is 1. The highest BCUT2D eigenvalue weighted by Crippen LogP contribution is 2.44. The Labute approximate surface area is 498 Å². The van der Waals surface area contributed by atoms with Crippen LogP contribution in [0, 0.1) is 24.0 Å². The first-order chi connectivity index (χ1) is 41.4. The molecule has 8 aliphatic rings. The van der Waals surface area contributed by atoms with Gasteiger partial charge in [-0.1, -0.05) is 42.3 Å². The average Bonchev–Trinajstić information content (AvgIpc) is 1.59. The number of carbonyl (C=O) groups excluding carboxylic acids is 4. The van der Waals surface area contributed by atoms with Gasteiger partial charge in [0.1, 0.15) is 35.6 Å². The Balaban J connectivity index is 0.625. The number of imidazole rings is 1. The number of amidine groups is 1. The van der Waals surface area contributed by atoms with Crippen LogP contribution in [0.3, 0.4) is 0 Å². The number of benzene rings is 3. The van der Waals surface area contributed by atoms with Crippen molar-refractivity contribution in [1.82, 2.24) is 49.3 Å². The summed E-state index contributed by atoms with van der Waals surface area (Å²) in [6.07, 6.45) is 15.0. The molecular formula is C64H76F2N12O8. The lowest BCUT2D eigenvalue weighted by molar-refractivity contribution is -0.135.